The number of benzene rings is 2. The Hall–Kier alpha value is -2.20. The van der Waals surface area contributed by atoms with Crippen LogP contribution in [0.15, 0.2) is 48.5 Å². The van der Waals surface area contributed by atoms with E-state index in [1.165, 1.54) is 11.3 Å². The van der Waals surface area contributed by atoms with Gasteiger partial charge in [0, 0.05) is 44.7 Å². The molecule has 0 amide bonds. The molecule has 4 nitrogen and oxygen atoms in total. The number of hydrogen-bond donors (Lipinski definition) is 0. The summed E-state index contributed by atoms with van der Waals surface area (Å²) in [5, 5.41) is 0. The molecule has 4 rings (SSSR count). The number of hydrogen-bond acceptors (Lipinski definition) is 4. The van der Waals surface area contributed by atoms with Crippen LogP contribution in [0.25, 0.3) is 0 Å². The molecule has 0 N–H and O–H groups in total. The van der Waals surface area contributed by atoms with E-state index in [0.717, 1.165) is 50.7 Å². The van der Waals surface area contributed by atoms with Crippen molar-refractivity contribution in [1.82, 2.24) is 4.90 Å². The highest BCUT2D eigenvalue weighted by molar-refractivity contribution is 5.62. The number of methoxy groups -OCH3 is 1. The maximum Gasteiger partial charge on any atom is 0.146 e. The Morgan fingerprint density at radius 2 is 2.00 bits per heavy atom. The summed E-state index contributed by atoms with van der Waals surface area (Å²) in [5.74, 6) is 1.81. The summed E-state index contributed by atoms with van der Waals surface area (Å²) in [4.78, 5) is 5.08. The molecule has 2 aromatic rings. The topological polar surface area (TPSA) is 24.9 Å². The molecule has 0 unspecified atom stereocenters. The molecule has 1 atom stereocenters. The average molecular weight is 324 g/mol. The Balaban J connectivity index is 1.50. The molecular weight excluding hydrogens is 300 g/mol. The van der Waals surface area contributed by atoms with E-state index >= 15 is 0 Å². The molecule has 4 heteroatoms. The van der Waals surface area contributed by atoms with Gasteiger partial charge >= 0.3 is 0 Å². The number of fused-ring (bicyclic) bond motifs is 3. The minimum Gasteiger partial charge on any atom is -0.497 e. The van der Waals surface area contributed by atoms with Crippen molar-refractivity contribution >= 4 is 5.69 Å². The lowest BCUT2D eigenvalue weighted by atomic mass is 10.1. The van der Waals surface area contributed by atoms with Crippen molar-refractivity contribution in [1.29, 1.82) is 0 Å². The number of ether oxygens (including phenoxy) is 2. The molecule has 0 saturated carbocycles. The Bertz CT molecular complexity index is 689. The van der Waals surface area contributed by atoms with Gasteiger partial charge in [0.05, 0.1) is 19.4 Å². The van der Waals surface area contributed by atoms with Crippen LogP contribution < -0.4 is 14.4 Å². The second-order valence-corrected chi connectivity index (χ2v) is 6.54. The Morgan fingerprint density at radius 3 is 2.83 bits per heavy atom. The predicted octanol–water partition coefficient (Wildman–Crippen LogP) is 3.17. The maximum absolute atomic E-state index is 6.00. The number of anilines is 1. The van der Waals surface area contributed by atoms with Crippen LogP contribution in [0.1, 0.15) is 12.0 Å². The fourth-order valence-electron chi connectivity index (χ4n) is 3.75. The van der Waals surface area contributed by atoms with Gasteiger partial charge in [-0.2, -0.15) is 0 Å². The van der Waals surface area contributed by atoms with E-state index in [1.54, 1.807) is 7.11 Å². The molecule has 2 aliphatic rings. The van der Waals surface area contributed by atoms with Crippen molar-refractivity contribution in [3.63, 3.8) is 0 Å². The average Bonchev–Trinajstić information content (AvgIpc) is 2.80. The SMILES string of the molecule is COc1ccc2c(c1)OCC[C@H]1CN(Cc3ccccc3)CCN21. The zero-order valence-corrected chi connectivity index (χ0v) is 14.1. The number of piperazine rings is 1. The van der Waals surface area contributed by atoms with Crippen LogP contribution in [0.3, 0.4) is 0 Å². The van der Waals surface area contributed by atoms with E-state index < -0.39 is 0 Å². The van der Waals surface area contributed by atoms with Gasteiger partial charge in [0.2, 0.25) is 0 Å². The zero-order valence-electron chi connectivity index (χ0n) is 14.1. The van der Waals surface area contributed by atoms with Crippen LogP contribution in [0, 0.1) is 0 Å². The van der Waals surface area contributed by atoms with Crippen molar-refractivity contribution in [3.05, 3.63) is 54.1 Å². The first-order valence-corrected chi connectivity index (χ1v) is 8.67. The molecule has 126 valence electrons. The molecular formula is C20H24N2O2. The first-order chi connectivity index (χ1) is 11.8. The van der Waals surface area contributed by atoms with Crippen molar-refractivity contribution in [2.45, 2.75) is 19.0 Å². The van der Waals surface area contributed by atoms with Gasteiger partial charge in [-0.25, -0.2) is 0 Å². The van der Waals surface area contributed by atoms with E-state index in [-0.39, 0.29) is 0 Å². The van der Waals surface area contributed by atoms with Crippen molar-refractivity contribution < 1.29 is 9.47 Å². The van der Waals surface area contributed by atoms with Crippen LogP contribution in [-0.4, -0.2) is 44.3 Å². The van der Waals surface area contributed by atoms with E-state index in [4.69, 9.17) is 9.47 Å². The van der Waals surface area contributed by atoms with Crippen molar-refractivity contribution in [3.8, 4) is 11.5 Å². The zero-order chi connectivity index (χ0) is 16.4. The van der Waals surface area contributed by atoms with Gasteiger partial charge in [-0.05, 0) is 17.7 Å². The van der Waals surface area contributed by atoms with E-state index in [9.17, 15) is 0 Å². The molecule has 0 spiro atoms. The third kappa shape index (κ3) is 3.06. The molecule has 1 fully saturated rings. The molecule has 2 aromatic carbocycles. The summed E-state index contributed by atoms with van der Waals surface area (Å²) in [6.07, 6.45) is 1.06. The van der Waals surface area contributed by atoms with Crippen LogP contribution in [0.2, 0.25) is 0 Å². The fourth-order valence-corrected chi connectivity index (χ4v) is 3.75. The van der Waals surface area contributed by atoms with Crippen LogP contribution in [-0.2, 0) is 6.54 Å². The van der Waals surface area contributed by atoms with Crippen LogP contribution in [0.5, 0.6) is 11.5 Å². The Labute approximate surface area is 143 Å². The van der Waals surface area contributed by atoms with Crippen molar-refractivity contribution in [2.24, 2.45) is 0 Å². The minimum atomic E-state index is 0.511. The molecule has 0 radical (unpaired) electrons. The molecule has 0 aliphatic carbocycles. The molecule has 2 heterocycles. The van der Waals surface area contributed by atoms with E-state index in [1.807, 2.05) is 12.1 Å². The van der Waals surface area contributed by atoms with Gasteiger partial charge in [-0.1, -0.05) is 30.3 Å². The summed E-state index contributed by atoms with van der Waals surface area (Å²) in [7, 11) is 1.70. The molecule has 1 saturated heterocycles. The predicted molar refractivity (Wildman–Crippen MR) is 96.0 cm³/mol. The number of nitrogens with zero attached hydrogens (tertiary/aromatic N) is 2. The van der Waals surface area contributed by atoms with Crippen LogP contribution >= 0.6 is 0 Å². The normalized spacial score (nSPS) is 20.5. The monoisotopic (exact) mass is 324 g/mol. The summed E-state index contributed by atoms with van der Waals surface area (Å²) < 4.78 is 11.3. The summed E-state index contributed by atoms with van der Waals surface area (Å²) in [6.45, 7) is 5.00. The first kappa shape index (κ1) is 15.3. The third-order valence-corrected chi connectivity index (χ3v) is 5.00. The highest BCUT2D eigenvalue weighted by Gasteiger charge is 2.31. The largest absolute Gasteiger partial charge is 0.497 e. The lowest BCUT2D eigenvalue weighted by molar-refractivity contribution is 0.202. The molecule has 24 heavy (non-hydrogen) atoms. The summed E-state index contributed by atoms with van der Waals surface area (Å²) in [6, 6.07) is 17.4. The smallest absolute Gasteiger partial charge is 0.146 e. The minimum absolute atomic E-state index is 0.511. The van der Waals surface area contributed by atoms with Gasteiger partial charge in [0.15, 0.2) is 0 Å². The Morgan fingerprint density at radius 1 is 1.12 bits per heavy atom. The van der Waals surface area contributed by atoms with Crippen LogP contribution in [0.4, 0.5) is 5.69 Å². The fraction of sp³-hybridized carbons (Fsp3) is 0.400. The standard InChI is InChI=1S/C20H24N2O2/c1-23-18-7-8-19-20(13-18)24-12-9-17-15-21(10-11-22(17)19)14-16-5-3-2-4-6-16/h2-8,13,17H,9-12,14-15H2,1H3/t17-/m0/s1. The summed E-state index contributed by atoms with van der Waals surface area (Å²) >= 11 is 0. The van der Waals surface area contributed by atoms with E-state index in [0.29, 0.717) is 6.04 Å². The number of rotatable bonds is 3. The van der Waals surface area contributed by atoms with Gasteiger partial charge in [0.1, 0.15) is 11.5 Å². The summed E-state index contributed by atoms with van der Waals surface area (Å²) in [5.41, 5.74) is 2.60. The highest BCUT2D eigenvalue weighted by Crippen LogP contribution is 2.37. The van der Waals surface area contributed by atoms with Gasteiger partial charge in [0.25, 0.3) is 0 Å². The molecule has 0 bridgehead atoms. The quantitative estimate of drug-likeness (QED) is 0.866. The Kier molecular flexibility index (Phi) is 4.30. The highest BCUT2D eigenvalue weighted by atomic mass is 16.5. The second-order valence-electron chi connectivity index (χ2n) is 6.54. The first-order valence-electron chi connectivity index (χ1n) is 8.67. The van der Waals surface area contributed by atoms with E-state index in [2.05, 4.69) is 46.2 Å². The maximum atomic E-state index is 6.00. The third-order valence-electron chi connectivity index (χ3n) is 5.00. The second kappa shape index (κ2) is 6.73. The molecule has 2 aliphatic heterocycles. The molecule has 0 aromatic heterocycles. The van der Waals surface area contributed by atoms with Gasteiger partial charge in [-0.3, -0.25) is 4.90 Å². The lowest BCUT2D eigenvalue weighted by Gasteiger charge is -2.42. The van der Waals surface area contributed by atoms with Gasteiger partial charge < -0.3 is 14.4 Å². The van der Waals surface area contributed by atoms with Gasteiger partial charge in [-0.15, -0.1) is 0 Å². The lowest BCUT2D eigenvalue weighted by Crippen LogP contribution is -2.52. The van der Waals surface area contributed by atoms with Crippen molar-refractivity contribution in [2.75, 3.05) is 38.3 Å².